The van der Waals surface area contributed by atoms with Crippen LogP contribution in [0.5, 0.6) is 5.75 Å². The number of ether oxygens (including phenoxy) is 1. The Bertz CT molecular complexity index is 583. The Morgan fingerprint density at radius 1 is 1.50 bits per heavy atom. The Morgan fingerprint density at radius 3 is 2.83 bits per heavy atom. The lowest BCUT2D eigenvalue weighted by atomic mass is 10.2. The van der Waals surface area contributed by atoms with Gasteiger partial charge in [-0.1, -0.05) is 11.6 Å². The summed E-state index contributed by atoms with van der Waals surface area (Å²) in [4.78, 5) is 11.9. The van der Waals surface area contributed by atoms with Crippen LogP contribution in [-0.4, -0.2) is 17.4 Å². The van der Waals surface area contributed by atoms with E-state index in [2.05, 4.69) is 9.69 Å². The average molecular weight is 283 g/mol. The highest BCUT2D eigenvalue weighted by molar-refractivity contribution is 7.04. The van der Waals surface area contributed by atoms with Gasteiger partial charge in [0.05, 0.1) is 23.4 Å². The zero-order valence-electron chi connectivity index (χ0n) is 9.86. The van der Waals surface area contributed by atoms with E-state index in [-0.39, 0.29) is 5.91 Å². The summed E-state index contributed by atoms with van der Waals surface area (Å²) < 4.78 is 9.10. The first kappa shape index (κ1) is 12.9. The molecule has 1 aromatic carbocycles. The van der Waals surface area contributed by atoms with Crippen LogP contribution in [-0.2, 0) is 0 Å². The molecule has 18 heavy (non-hydrogen) atoms. The first-order valence-corrected chi connectivity index (χ1v) is 6.39. The molecule has 1 heterocycles. The van der Waals surface area contributed by atoms with Crippen LogP contribution in [0.2, 0.25) is 5.02 Å². The molecule has 1 amide bonds. The molecule has 0 saturated carbocycles. The van der Waals surface area contributed by atoms with Gasteiger partial charge < -0.3 is 10.1 Å². The number of hydrogen-bond acceptors (Lipinski definition) is 4. The lowest BCUT2D eigenvalue weighted by molar-refractivity contribution is 0.102. The molecule has 0 fully saturated rings. The summed E-state index contributed by atoms with van der Waals surface area (Å²) in [6.45, 7) is 1.80. The van der Waals surface area contributed by atoms with E-state index in [0.717, 1.165) is 5.69 Å². The first-order chi connectivity index (χ1) is 8.61. The van der Waals surface area contributed by atoms with Crippen LogP contribution < -0.4 is 10.1 Å². The summed E-state index contributed by atoms with van der Waals surface area (Å²) in [5, 5.41) is 4.94. The number of benzene rings is 1. The maximum atomic E-state index is 11.9. The van der Waals surface area contributed by atoms with Crippen LogP contribution in [0.4, 0.5) is 5.69 Å². The lowest BCUT2D eigenvalue weighted by Gasteiger charge is -2.07. The zero-order chi connectivity index (χ0) is 13.1. The Morgan fingerprint density at radius 2 is 2.28 bits per heavy atom. The van der Waals surface area contributed by atoms with Gasteiger partial charge in [0, 0.05) is 11.1 Å². The molecule has 0 atom stereocenters. The average Bonchev–Trinajstić information content (AvgIpc) is 2.76. The number of carbonyl (C=O) groups excluding carboxylic acids is 1. The molecule has 0 aliphatic heterocycles. The number of methoxy groups -OCH3 is 1. The maximum Gasteiger partial charge on any atom is 0.258 e. The Labute approximate surface area is 114 Å². The third kappa shape index (κ3) is 2.63. The summed E-state index contributed by atoms with van der Waals surface area (Å²) in [7, 11) is 1.54. The van der Waals surface area contributed by atoms with Crippen LogP contribution in [0.1, 0.15) is 16.1 Å². The van der Waals surface area contributed by atoms with Crippen LogP contribution in [0.15, 0.2) is 23.6 Å². The molecule has 1 aromatic heterocycles. The molecule has 0 radical (unpaired) electrons. The van der Waals surface area contributed by atoms with Gasteiger partial charge in [0.25, 0.3) is 5.91 Å². The molecule has 2 aromatic rings. The molecule has 0 aliphatic carbocycles. The SMILES string of the molecule is COc1ccc(NC(=O)c2csnc2C)cc1Cl. The van der Waals surface area contributed by atoms with Gasteiger partial charge in [-0.25, -0.2) is 0 Å². The van der Waals surface area contributed by atoms with Gasteiger partial charge in [-0.2, -0.15) is 4.37 Å². The number of amides is 1. The van der Waals surface area contributed by atoms with E-state index in [4.69, 9.17) is 16.3 Å². The topological polar surface area (TPSA) is 51.2 Å². The smallest absolute Gasteiger partial charge is 0.258 e. The fourth-order valence-electron chi connectivity index (χ4n) is 1.45. The Hall–Kier alpha value is -1.59. The summed E-state index contributed by atoms with van der Waals surface area (Å²) in [5.41, 5.74) is 1.92. The summed E-state index contributed by atoms with van der Waals surface area (Å²) in [5.74, 6) is 0.380. The summed E-state index contributed by atoms with van der Waals surface area (Å²) >= 11 is 7.24. The van der Waals surface area contributed by atoms with Crippen LogP contribution in [0.25, 0.3) is 0 Å². The third-order valence-corrected chi connectivity index (χ3v) is 3.42. The van der Waals surface area contributed by atoms with Crippen molar-refractivity contribution in [2.75, 3.05) is 12.4 Å². The van der Waals surface area contributed by atoms with Crippen molar-refractivity contribution in [1.82, 2.24) is 4.37 Å². The number of rotatable bonds is 3. The second-order valence-corrected chi connectivity index (χ2v) is 4.65. The van der Waals surface area contributed by atoms with E-state index in [1.807, 2.05) is 0 Å². The van der Waals surface area contributed by atoms with Crippen LogP contribution in [0.3, 0.4) is 0 Å². The van der Waals surface area contributed by atoms with E-state index in [1.54, 1.807) is 37.6 Å². The number of hydrogen-bond donors (Lipinski definition) is 1. The number of halogens is 1. The quantitative estimate of drug-likeness (QED) is 0.939. The lowest BCUT2D eigenvalue weighted by Crippen LogP contribution is -2.12. The zero-order valence-corrected chi connectivity index (χ0v) is 11.4. The number of nitrogens with one attached hydrogen (secondary N) is 1. The molecule has 94 valence electrons. The molecule has 0 aliphatic rings. The minimum absolute atomic E-state index is 0.192. The monoisotopic (exact) mass is 282 g/mol. The number of anilines is 1. The second-order valence-electron chi connectivity index (χ2n) is 3.62. The van der Waals surface area contributed by atoms with E-state index >= 15 is 0 Å². The Kier molecular flexibility index (Phi) is 3.84. The molecule has 0 unspecified atom stereocenters. The summed E-state index contributed by atoms with van der Waals surface area (Å²) in [6, 6.07) is 5.09. The molecule has 0 spiro atoms. The highest BCUT2D eigenvalue weighted by atomic mass is 35.5. The molecule has 0 bridgehead atoms. The van der Waals surface area contributed by atoms with Crippen LogP contribution in [0, 0.1) is 6.92 Å². The van der Waals surface area contributed by atoms with Gasteiger partial charge in [0.15, 0.2) is 0 Å². The van der Waals surface area contributed by atoms with Crippen molar-refractivity contribution in [3.63, 3.8) is 0 Å². The fourth-order valence-corrected chi connectivity index (χ4v) is 2.40. The number of aryl methyl sites for hydroxylation is 1. The summed E-state index contributed by atoms with van der Waals surface area (Å²) in [6.07, 6.45) is 0. The molecule has 2 rings (SSSR count). The predicted molar refractivity (Wildman–Crippen MR) is 72.8 cm³/mol. The number of nitrogens with zero attached hydrogens (tertiary/aromatic N) is 1. The predicted octanol–water partition coefficient (Wildman–Crippen LogP) is 3.37. The van der Waals surface area contributed by atoms with Crippen molar-refractivity contribution < 1.29 is 9.53 Å². The number of aromatic nitrogens is 1. The largest absolute Gasteiger partial charge is 0.495 e. The molecule has 1 N–H and O–H groups in total. The van der Waals surface area contributed by atoms with Crippen molar-refractivity contribution >= 4 is 34.7 Å². The fraction of sp³-hybridized carbons (Fsp3) is 0.167. The van der Waals surface area contributed by atoms with Crippen molar-refractivity contribution in [3.8, 4) is 5.75 Å². The molecule has 4 nitrogen and oxygen atoms in total. The Balaban J connectivity index is 2.17. The minimum Gasteiger partial charge on any atom is -0.495 e. The standard InChI is InChI=1S/C12H11ClN2O2S/c1-7-9(6-18-15-7)12(16)14-8-3-4-11(17-2)10(13)5-8/h3-6H,1-2H3,(H,14,16). The van der Waals surface area contributed by atoms with Gasteiger partial charge in [-0.05, 0) is 36.7 Å². The maximum absolute atomic E-state index is 11.9. The third-order valence-electron chi connectivity index (χ3n) is 2.40. The van der Waals surface area contributed by atoms with E-state index in [0.29, 0.717) is 22.0 Å². The van der Waals surface area contributed by atoms with Crippen molar-refractivity contribution in [1.29, 1.82) is 0 Å². The molecular weight excluding hydrogens is 272 g/mol. The van der Waals surface area contributed by atoms with Gasteiger partial charge in [-0.15, -0.1) is 0 Å². The minimum atomic E-state index is -0.192. The second kappa shape index (κ2) is 5.37. The highest BCUT2D eigenvalue weighted by Gasteiger charge is 2.12. The molecule has 6 heteroatoms. The van der Waals surface area contributed by atoms with Gasteiger partial charge in [0.2, 0.25) is 0 Å². The van der Waals surface area contributed by atoms with Crippen molar-refractivity contribution in [2.45, 2.75) is 6.92 Å². The molecular formula is C12H11ClN2O2S. The van der Waals surface area contributed by atoms with E-state index < -0.39 is 0 Å². The van der Waals surface area contributed by atoms with E-state index in [9.17, 15) is 4.79 Å². The highest BCUT2D eigenvalue weighted by Crippen LogP contribution is 2.27. The molecule has 0 saturated heterocycles. The van der Waals surface area contributed by atoms with Crippen molar-refractivity contribution in [2.24, 2.45) is 0 Å². The van der Waals surface area contributed by atoms with Gasteiger partial charge in [-0.3, -0.25) is 4.79 Å². The first-order valence-electron chi connectivity index (χ1n) is 5.17. The van der Waals surface area contributed by atoms with Crippen molar-refractivity contribution in [3.05, 3.63) is 39.9 Å². The number of carbonyl (C=O) groups is 1. The van der Waals surface area contributed by atoms with Gasteiger partial charge in [0.1, 0.15) is 5.75 Å². The van der Waals surface area contributed by atoms with Crippen LogP contribution >= 0.6 is 23.1 Å². The van der Waals surface area contributed by atoms with E-state index in [1.165, 1.54) is 11.5 Å². The van der Waals surface area contributed by atoms with Gasteiger partial charge >= 0.3 is 0 Å². The normalized spacial score (nSPS) is 10.2.